The lowest BCUT2D eigenvalue weighted by Crippen LogP contribution is -2.16. The predicted molar refractivity (Wildman–Crippen MR) is 78.8 cm³/mol. The Balaban J connectivity index is 2.85. The van der Waals surface area contributed by atoms with Crippen molar-refractivity contribution in [2.45, 2.75) is 27.1 Å². The van der Waals surface area contributed by atoms with Crippen LogP contribution in [0.3, 0.4) is 0 Å². The first-order valence-corrected chi connectivity index (χ1v) is 6.84. The number of nitrogens with one attached hydrogen (secondary N) is 1. The number of hydrogen-bond acceptors (Lipinski definition) is 5. The Morgan fingerprint density at radius 3 is 2.62 bits per heavy atom. The summed E-state index contributed by atoms with van der Waals surface area (Å²) in [6.07, 6.45) is 0.439. The highest BCUT2D eigenvalue weighted by Crippen LogP contribution is 2.11. The summed E-state index contributed by atoms with van der Waals surface area (Å²) in [6.45, 7) is 6.75. The molecule has 1 aromatic heterocycles. The van der Waals surface area contributed by atoms with E-state index in [1.54, 1.807) is 25.3 Å². The van der Waals surface area contributed by atoms with Gasteiger partial charge < -0.3 is 14.2 Å². The van der Waals surface area contributed by atoms with E-state index in [1.165, 1.54) is 0 Å². The van der Waals surface area contributed by atoms with Crippen molar-refractivity contribution in [2.75, 3.05) is 25.1 Å². The van der Waals surface area contributed by atoms with Crippen molar-refractivity contribution in [3.8, 4) is 11.8 Å². The van der Waals surface area contributed by atoms with Crippen molar-refractivity contribution in [3.05, 3.63) is 24.0 Å². The first kappa shape index (κ1) is 17.0. The summed E-state index contributed by atoms with van der Waals surface area (Å²) in [6, 6.07) is 3.40. The molecule has 0 aliphatic rings. The van der Waals surface area contributed by atoms with E-state index in [-0.39, 0.29) is 0 Å². The van der Waals surface area contributed by atoms with Crippen molar-refractivity contribution in [3.63, 3.8) is 0 Å². The molecule has 0 atom stereocenters. The Bertz CT molecular complexity index is 502. The van der Waals surface area contributed by atoms with Gasteiger partial charge in [0.1, 0.15) is 5.69 Å². The monoisotopic (exact) mass is 292 g/mol. The summed E-state index contributed by atoms with van der Waals surface area (Å²) < 4.78 is 15.5. The van der Waals surface area contributed by atoms with Crippen LogP contribution >= 0.6 is 0 Å². The normalized spacial score (nSPS) is 9.90. The quantitative estimate of drug-likeness (QED) is 0.644. The third-order valence-electron chi connectivity index (χ3n) is 2.26. The lowest BCUT2D eigenvalue weighted by Gasteiger charge is -2.10. The Morgan fingerprint density at radius 2 is 2.00 bits per heavy atom. The number of hydrogen-bond donors (Lipinski definition) is 1. The highest BCUT2D eigenvalue weighted by atomic mass is 16.7. The van der Waals surface area contributed by atoms with Crippen LogP contribution in [0, 0.1) is 11.8 Å². The summed E-state index contributed by atoms with van der Waals surface area (Å²) in [5.74, 6) is 5.68. The van der Waals surface area contributed by atoms with Crippen LogP contribution < -0.4 is 5.32 Å². The van der Waals surface area contributed by atoms with Gasteiger partial charge in [-0.25, -0.2) is 9.78 Å². The van der Waals surface area contributed by atoms with Crippen LogP contribution in [0.2, 0.25) is 0 Å². The molecule has 0 aromatic carbocycles. The molecule has 0 spiro atoms. The van der Waals surface area contributed by atoms with Crippen LogP contribution in [0.25, 0.3) is 0 Å². The lowest BCUT2D eigenvalue weighted by molar-refractivity contribution is -0.0969. The van der Waals surface area contributed by atoms with Gasteiger partial charge in [0.05, 0.1) is 12.3 Å². The van der Waals surface area contributed by atoms with Crippen LogP contribution in [0.5, 0.6) is 0 Å². The van der Waals surface area contributed by atoms with E-state index in [0.717, 1.165) is 0 Å². The zero-order valence-electron chi connectivity index (χ0n) is 12.5. The maximum atomic E-state index is 11.4. The van der Waals surface area contributed by atoms with Gasteiger partial charge in [0.2, 0.25) is 6.29 Å². The van der Waals surface area contributed by atoms with Gasteiger partial charge in [-0.3, -0.25) is 5.32 Å². The summed E-state index contributed by atoms with van der Waals surface area (Å²) in [7, 11) is 0. The topological polar surface area (TPSA) is 69.7 Å². The van der Waals surface area contributed by atoms with E-state index >= 15 is 0 Å². The Hall–Kier alpha value is -2.10. The van der Waals surface area contributed by atoms with Crippen LogP contribution in [-0.2, 0) is 14.2 Å². The number of pyridine rings is 1. The molecule has 114 valence electrons. The lowest BCUT2D eigenvalue weighted by atomic mass is 10.3. The highest BCUT2D eigenvalue weighted by Gasteiger charge is 2.07. The molecule has 1 heterocycles. The second kappa shape index (κ2) is 9.75. The number of rotatable bonds is 6. The Labute approximate surface area is 124 Å². The molecule has 6 nitrogen and oxygen atoms in total. The third kappa shape index (κ3) is 6.25. The molecule has 0 saturated carbocycles. The van der Waals surface area contributed by atoms with Crippen LogP contribution in [0.1, 0.15) is 26.5 Å². The first-order valence-electron chi connectivity index (χ1n) is 6.84. The first-order chi connectivity index (χ1) is 10.2. The summed E-state index contributed by atoms with van der Waals surface area (Å²) in [5, 5.41) is 2.59. The zero-order valence-corrected chi connectivity index (χ0v) is 12.5. The second-order valence-electron chi connectivity index (χ2n) is 3.76. The van der Waals surface area contributed by atoms with Crippen molar-refractivity contribution >= 4 is 11.8 Å². The SMILES string of the molecule is CCOC(=O)Nc1cccnc1C#CC(OCC)OCC. The van der Waals surface area contributed by atoms with Crippen molar-refractivity contribution < 1.29 is 19.0 Å². The molecular formula is C15H20N2O4. The molecule has 1 N–H and O–H groups in total. The zero-order chi connectivity index (χ0) is 15.5. The van der Waals surface area contributed by atoms with Crippen LogP contribution in [-0.4, -0.2) is 37.2 Å². The Morgan fingerprint density at radius 1 is 1.29 bits per heavy atom. The molecule has 21 heavy (non-hydrogen) atoms. The molecule has 1 amide bonds. The third-order valence-corrected chi connectivity index (χ3v) is 2.26. The van der Waals surface area contributed by atoms with Crippen molar-refractivity contribution in [1.82, 2.24) is 4.98 Å². The van der Waals surface area contributed by atoms with Crippen molar-refractivity contribution in [1.29, 1.82) is 0 Å². The van der Waals surface area contributed by atoms with E-state index in [0.29, 0.717) is 31.2 Å². The molecule has 0 fully saturated rings. The van der Waals surface area contributed by atoms with E-state index in [9.17, 15) is 4.79 Å². The van der Waals surface area contributed by atoms with Gasteiger partial charge in [-0.1, -0.05) is 0 Å². The summed E-state index contributed by atoms with van der Waals surface area (Å²) >= 11 is 0. The van der Waals surface area contributed by atoms with Gasteiger partial charge in [-0.2, -0.15) is 0 Å². The maximum Gasteiger partial charge on any atom is 0.411 e. The fraction of sp³-hybridized carbons (Fsp3) is 0.467. The molecule has 0 saturated heterocycles. The molecule has 0 aliphatic heterocycles. The minimum Gasteiger partial charge on any atom is -0.450 e. The maximum absolute atomic E-state index is 11.4. The van der Waals surface area contributed by atoms with Gasteiger partial charge in [0, 0.05) is 19.4 Å². The summed E-state index contributed by atoms with van der Waals surface area (Å²) in [4.78, 5) is 15.6. The minimum atomic E-state index is -0.613. The molecule has 1 aromatic rings. The van der Waals surface area contributed by atoms with Crippen LogP contribution in [0.4, 0.5) is 10.5 Å². The van der Waals surface area contributed by atoms with Gasteiger partial charge in [0.25, 0.3) is 0 Å². The molecular weight excluding hydrogens is 272 g/mol. The fourth-order valence-electron chi connectivity index (χ4n) is 1.44. The van der Waals surface area contributed by atoms with E-state index in [2.05, 4.69) is 22.1 Å². The number of amides is 1. The standard InChI is InChI=1S/C15H20N2O4/c1-4-19-14(20-5-2)10-9-12-13(8-7-11-16-12)17-15(18)21-6-3/h7-8,11,14H,4-6H2,1-3H3,(H,17,18). The van der Waals surface area contributed by atoms with E-state index in [1.807, 2.05) is 13.8 Å². The molecule has 0 bridgehead atoms. The highest BCUT2D eigenvalue weighted by molar-refractivity contribution is 5.86. The van der Waals surface area contributed by atoms with E-state index in [4.69, 9.17) is 14.2 Å². The minimum absolute atomic E-state index is 0.295. The second-order valence-corrected chi connectivity index (χ2v) is 3.76. The number of anilines is 1. The van der Waals surface area contributed by atoms with Crippen molar-refractivity contribution in [2.24, 2.45) is 0 Å². The van der Waals surface area contributed by atoms with Gasteiger partial charge in [-0.15, -0.1) is 0 Å². The predicted octanol–water partition coefficient (Wildman–Crippen LogP) is 2.40. The van der Waals surface area contributed by atoms with Gasteiger partial charge >= 0.3 is 6.09 Å². The molecule has 0 unspecified atom stereocenters. The summed E-state index contributed by atoms with van der Waals surface area (Å²) in [5.41, 5.74) is 0.908. The number of carbonyl (C=O) groups is 1. The number of aromatic nitrogens is 1. The van der Waals surface area contributed by atoms with Gasteiger partial charge in [0.15, 0.2) is 0 Å². The average molecular weight is 292 g/mol. The average Bonchev–Trinajstić information content (AvgIpc) is 2.47. The number of carbonyl (C=O) groups excluding carboxylic acids is 1. The smallest absolute Gasteiger partial charge is 0.411 e. The molecule has 0 radical (unpaired) electrons. The van der Waals surface area contributed by atoms with Gasteiger partial charge in [-0.05, 0) is 44.7 Å². The fourth-order valence-corrected chi connectivity index (χ4v) is 1.44. The Kier molecular flexibility index (Phi) is 7.87. The largest absolute Gasteiger partial charge is 0.450 e. The number of ether oxygens (including phenoxy) is 3. The molecule has 1 rings (SSSR count). The van der Waals surface area contributed by atoms with E-state index < -0.39 is 12.4 Å². The van der Waals surface area contributed by atoms with Crippen LogP contribution in [0.15, 0.2) is 18.3 Å². The molecule has 6 heteroatoms. The molecule has 0 aliphatic carbocycles. The number of nitrogens with zero attached hydrogens (tertiary/aromatic N) is 1.